The Hall–Kier alpha value is -3.43. The van der Waals surface area contributed by atoms with E-state index in [1.165, 1.54) is 25.6 Å². The Bertz CT molecular complexity index is 1490. The second-order valence-electron chi connectivity index (χ2n) is 11.2. The van der Waals surface area contributed by atoms with Crippen LogP contribution in [0.3, 0.4) is 0 Å². The molecule has 1 fully saturated rings. The zero-order chi connectivity index (χ0) is 32.0. The SMILES string of the molecule is COC(=O)C1=C(CCc2nccs2)NC(CC(=O)N2CCN(CC(C)(C)C#N)CC2)=C(C(=O)OC)C1c1c(Cl)cccc1Cl. The van der Waals surface area contributed by atoms with Crippen LogP contribution in [0.2, 0.25) is 10.0 Å². The van der Waals surface area contributed by atoms with Crippen molar-refractivity contribution in [3.8, 4) is 6.07 Å². The van der Waals surface area contributed by atoms with Gasteiger partial charge in [0.1, 0.15) is 0 Å². The van der Waals surface area contributed by atoms with Gasteiger partial charge < -0.3 is 19.7 Å². The van der Waals surface area contributed by atoms with Crippen molar-refractivity contribution in [2.24, 2.45) is 5.41 Å². The zero-order valence-electron chi connectivity index (χ0n) is 25.1. The number of nitriles is 1. The third kappa shape index (κ3) is 7.61. The molecular weight excluding hydrogens is 625 g/mol. The first-order valence-corrected chi connectivity index (χ1v) is 15.8. The zero-order valence-corrected chi connectivity index (χ0v) is 27.4. The number of halogens is 2. The minimum absolute atomic E-state index is 0.0589. The summed E-state index contributed by atoms with van der Waals surface area (Å²) in [6.07, 6.45) is 2.40. The lowest BCUT2D eigenvalue weighted by atomic mass is 9.78. The number of nitrogens with zero attached hydrogens (tertiary/aromatic N) is 4. The lowest BCUT2D eigenvalue weighted by Gasteiger charge is -2.38. The van der Waals surface area contributed by atoms with Crippen molar-refractivity contribution in [2.75, 3.05) is 46.9 Å². The molecule has 0 radical (unpaired) electrons. The molecule has 0 saturated carbocycles. The molecule has 4 rings (SSSR count). The van der Waals surface area contributed by atoms with E-state index in [1.807, 2.05) is 19.2 Å². The van der Waals surface area contributed by atoms with E-state index in [-0.39, 0.29) is 33.5 Å². The van der Waals surface area contributed by atoms with E-state index < -0.39 is 23.3 Å². The predicted molar refractivity (Wildman–Crippen MR) is 168 cm³/mol. The molecule has 1 aromatic carbocycles. The van der Waals surface area contributed by atoms with Gasteiger partial charge in [0.2, 0.25) is 5.91 Å². The molecule has 0 spiro atoms. The predicted octanol–water partition coefficient (Wildman–Crippen LogP) is 4.71. The van der Waals surface area contributed by atoms with Gasteiger partial charge in [-0.15, -0.1) is 11.3 Å². The number of rotatable bonds is 10. The van der Waals surface area contributed by atoms with Gasteiger partial charge in [-0.3, -0.25) is 9.69 Å². The van der Waals surface area contributed by atoms with Crippen molar-refractivity contribution >= 4 is 52.4 Å². The van der Waals surface area contributed by atoms with Crippen molar-refractivity contribution in [1.82, 2.24) is 20.1 Å². The third-order valence-electron chi connectivity index (χ3n) is 7.68. The van der Waals surface area contributed by atoms with Gasteiger partial charge in [0.05, 0.1) is 54.2 Å². The van der Waals surface area contributed by atoms with E-state index in [1.54, 1.807) is 29.3 Å². The molecule has 2 aliphatic heterocycles. The summed E-state index contributed by atoms with van der Waals surface area (Å²) in [5, 5.41) is 15.9. The van der Waals surface area contributed by atoms with Crippen LogP contribution in [-0.2, 0) is 30.3 Å². The van der Waals surface area contributed by atoms with Crippen LogP contribution in [0.5, 0.6) is 0 Å². The molecular formula is C31H35Cl2N5O5S. The smallest absolute Gasteiger partial charge is 0.336 e. The standard InChI is InChI=1S/C31H35Cl2N5O5S/c1-31(2,17-34)18-37-11-13-38(14-12-37)24(39)16-22-27(30(41)43-4)28(25-19(32)6-5-7-20(25)33)26(29(40)42-3)21(36-22)8-9-23-35-10-15-44-23/h5-7,10,15,28,36H,8-9,11-14,16,18H2,1-4H3. The topological polar surface area (TPSA) is 125 Å². The number of aromatic nitrogens is 1. The van der Waals surface area contributed by atoms with Crippen LogP contribution in [-0.4, -0.2) is 79.6 Å². The van der Waals surface area contributed by atoms with Gasteiger partial charge in [0, 0.05) is 77.7 Å². The van der Waals surface area contributed by atoms with Crippen molar-refractivity contribution in [1.29, 1.82) is 5.26 Å². The molecule has 2 aliphatic rings. The van der Waals surface area contributed by atoms with E-state index in [0.29, 0.717) is 62.5 Å². The van der Waals surface area contributed by atoms with Crippen LogP contribution in [0.1, 0.15) is 43.2 Å². The number of carbonyl (C=O) groups is 3. The highest BCUT2D eigenvalue weighted by Gasteiger charge is 2.42. The fraction of sp³-hybridized carbons (Fsp3) is 0.452. The number of hydrogen-bond donors (Lipinski definition) is 1. The number of ether oxygens (including phenoxy) is 2. The Kier molecular flexibility index (Phi) is 11.1. The maximum absolute atomic E-state index is 13.7. The van der Waals surface area contributed by atoms with Crippen LogP contribution in [0, 0.1) is 16.7 Å². The van der Waals surface area contributed by atoms with Crippen LogP contribution in [0.4, 0.5) is 0 Å². The second-order valence-corrected chi connectivity index (χ2v) is 13.0. The van der Waals surface area contributed by atoms with Gasteiger partial charge in [0.25, 0.3) is 0 Å². The average Bonchev–Trinajstić information content (AvgIpc) is 3.53. The van der Waals surface area contributed by atoms with E-state index in [2.05, 4.69) is 21.3 Å². The molecule has 0 aliphatic carbocycles. The number of aryl methyl sites for hydroxylation is 1. The van der Waals surface area contributed by atoms with Gasteiger partial charge in [-0.2, -0.15) is 5.26 Å². The fourth-order valence-electron chi connectivity index (χ4n) is 5.54. The molecule has 1 aromatic heterocycles. The van der Waals surface area contributed by atoms with Crippen molar-refractivity contribution < 1.29 is 23.9 Å². The minimum atomic E-state index is -1.06. The number of carbonyl (C=O) groups excluding carboxylic acids is 3. The van der Waals surface area contributed by atoms with Crippen molar-refractivity contribution in [3.05, 3.63) is 72.9 Å². The first kappa shape index (κ1) is 33.5. The van der Waals surface area contributed by atoms with E-state index in [4.69, 9.17) is 32.7 Å². The van der Waals surface area contributed by atoms with Crippen LogP contribution >= 0.6 is 34.5 Å². The van der Waals surface area contributed by atoms with E-state index >= 15 is 0 Å². The Labute approximate surface area is 271 Å². The van der Waals surface area contributed by atoms with Gasteiger partial charge in [0.15, 0.2) is 0 Å². The maximum atomic E-state index is 13.7. The minimum Gasteiger partial charge on any atom is -0.466 e. The highest BCUT2D eigenvalue weighted by Crippen LogP contribution is 2.46. The van der Waals surface area contributed by atoms with Crippen LogP contribution in [0.25, 0.3) is 0 Å². The highest BCUT2D eigenvalue weighted by atomic mass is 35.5. The number of dihydropyridines is 1. The van der Waals surface area contributed by atoms with Gasteiger partial charge >= 0.3 is 11.9 Å². The molecule has 1 amide bonds. The van der Waals surface area contributed by atoms with Crippen molar-refractivity contribution in [2.45, 2.75) is 39.0 Å². The number of hydrogen-bond acceptors (Lipinski definition) is 10. The first-order valence-electron chi connectivity index (χ1n) is 14.1. The molecule has 3 heterocycles. The third-order valence-corrected chi connectivity index (χ3v) is 9.17. The van der Waals surface area contributed by atoms with Crippen molar-refractivity contribution in [3.63, 3.8) is 0 Å². The molecule has 234 valence electrons. The fourth-order valence-corrected chi connectivity index (χ4v) is 6.78. The number of esters is 2. The Morgan fingerprint density at radius 3 is 2.20 bits per heavy atom. The largest absolute Gasteiger partial charge is 0.466 e. The van der Waals surface area contributed by atoms with E-state index in [0.717, 1.165) is 5.01 Å². The summed E-state index contributed by atoms with van der Waals surface area (Å²) in [6.45, 7) is 6.58. The van der Waals surface area contributed by atoms with Crippen LogP contribution in [0.15, 0.2) is 52.3 Å². The first-order chi connectivity index (χ1) is 21.0. The molecule has 2 aromatic rings. The Morgan fingerprint density at radius 1 is 1.05 bits per heavy atom. The highest BCUT2D eigenvalue weighted by molar-refractivity contribution is 7.09. The summed E-state index contributed by atoms with van der Waals surface area (Å²) in [7, 11) is 2.50. The molecule has 13 heteroatoms. The number of thiazole rings is 1. The lowest BCUT2D eigenvalue weighted by molar-refractivity contribution is -0.137. The monoisotopic (exact) mass is 659 g/mol. The average molecular weight is 661 g/mol. The Balaban J connectivity index is 1.74. The van der Waals surface area contributed by atoms with Crippen LogP contribution < -0.4 is 5.32 Å². The normalized spacial score (nSPS) is 17.7. The number of benzene rings is 1. The summed E-state index contributed by atoms with van der Waals surface area (Å²) in [6, 6.07) is 7.25. The lowest BCUT2D eigenvalue weighted by Crippen LogP contribution is -2.51. The molecule has 1 unspecified atom stereocenters. The number of amides is 1. The maximum Gasteiger partial charge on any atom is 0.336 e. The second kappa shape index (κ2) is 14.6. The van der Waals surface area contributed by atoms with E-state index in [9.17, 15) is 19.6 Å². The molecule has 0 bridgehead atoms. The summed E-state index contributed by atoms with van der Waals surface area (Å²) in [4.78, 5) is 48.9. The molecule has 1 atom stereocenters. The number of allylic oxidation sites excluding steroid dienone is 1. The molecule has 44 heavy (non-hydrogen) atoms. The number of nitrogens with one attached hydrogen (secondary N) is 1. The summed E-state index contributed by atoms with van der Waals surface area (Å²) < 4.78 is 10.4. The quantitative estimate of drug-likeness (QED) is 0.361. The van der Waals surface area contributed by atoms with Gasteiger partial charge in [-0.25, -0.2) is 14.6 Å². The summed E-state index contributed by atoms with van der Waals surface area (Å²) in [5.74, 6) is -2.66. The summed E-state index contributed by atoms with van der Waals surface area (Å²) in [5.41, 5.74) is 0.841. The molecule has 1 saturated heterocycles. The molecule has 10 nitrogen and oxygen atoms in total. The van der Waals surface area contributed by atoms with Gasteiger partial charge in [-0.05, 0) is 32.4 Å². The molecule has 1 N–H and O–H groups in total. The summed E-state index contributed by atoms with van der Waals surface area (Å²) >= 11 is 14.8. The van der Waals surface area contributed by atoms with Gasteiger partial charge in [-0.1, -0.05) is 29.3 Å². The number of piperazine rings is 1. The Morgan fingerprint density at radius 2 is 1.66 bits per heavy atom. The number of methoxy groups -OCH3 is 2.